The number of hydrogen-bond acceptors (Lipinski definition) is 5. The lowest BCUT2D eigenvalue weighted by atomic mass is 9.77. The number of nitrogens with zero attached hydrogens (tertiary/aromatic N) is 2. The summed E-state index contributed by atoms with van der Waals surface area (Å²) in [4.78, 5) is 17.9. The van der Waals surface area contributed by atoms with E-state index in [1.165, 1.54) is 0 Å². The molecule has 1 N–H and O–H groups in total. The van der Waals surface area contributed by atoms with Crippen molar-refractivity contribution in [1.29, 1.82) is 0 Å². The Morgan fingerprint density at radius 1 is 1.15 bits per heavy atom. The molecule has 1 amide bonds. The van der Waals surface area contributed by atoms with Gasteiger partial charge in [-0.25, -0.2) is 0 Å². The number of ether oxygens (including phenoxy) is 2. The van der Waals surface area contributed by atoms with E-state index in [1.807, 2.05) is 0 Å². The maximum Gasteiger partial charge on any atom is 0.228 e. The van der Waals surface area contributed by atoms with Crippen LogP contribution in [0.4, 0.5) is 0 Å². The van der Waals surface area contributed by atoms with Gasteiger partial charge in [-0.2, -0.15) is 0 Å². The summed E-state index contributed by atoms with van der Waals surface area (Å²) >= 11 is 0. The Bertz CT molecular complexity index is 430. The van der Waals surface area contributed by atoms with E-state index in [-0.39, 0.29) is 11.3 Å². The van der Waals surface area contributed by atoms with Crippen molar-refractivity contribution >= 4 is 5.91 Å². The van der Waals surface area contributed by atoms with Crippen LogP contribution in [0, 0.1) is 11.3 Å². The van der Waals surface area contributed by atoms with E-state index < -0.39 is 0 Å². The largest absolute Gasteiger partial charge is 0.379 e. The molecule has 2 heterocycles. The van der Waals surface area contributed by atoms with Gasteiger partial charge in [0.05, 0.1) is 31.8 Å². The van der Waals surface area contributed by atoms with Crippen molar-refractivity contribution in [2.75, 3.05) is 65.7 Å². The highest BCUT2D eigenvalue weighted by atomic mass is 16.5. The van der Waals surface area contributed by atoms with Crippen molar-refractivity contribution in [2.24, 2.45) is 11.3 Å². The number of nitrogens with one attached hydrogen (secondary N) is 1. The van der Waals surface area contributed by atoms with E-state index >= 15 is 0 Å². The third kappa shape index (κ3) is 7.00. The predicted molar refractivity (Wildman–Crippen MR) is 109 cm³/mol. The second-order valence-corrected chi connectivity index (χ2v) is 8.68. The molecule has 0 radical (unpaired) electrons. The van der Waals surface area contributed by atoms with Crippen molar-refractivity contribution in [1.82, 2.24) is 15.1 Å². The number of piperidine rings is 1. The second-order valence-electron chi connectivity index (χ2n) is 8.68. The quantitative estimate of drug-likeness (QED) is 0.585. The summed E-state index contributed by atoms with van der Waals surface area (Å²) in [5.41, 5.74) is -0.371. The average Bonchev–Trinajstić information content (AvgIpc) is 2.70. The lowest BCUT2D eigenvalue weighted by molar-refractivity contribution is -0.139. The first-order valence-corrected chi connectivity index (χ1v) is 10.9. The lowest BCUT2D eigenvalue weighted by Gasteiger charge is -2.42. The Morgan fingerprint density at radius 3 is 2.41 bits per heavy atom. The highest BCUT2D eigenvalue weighted by Gasteiger charge is 2.42. The molecule has 158 valence electrons. The average molecular weight is 384 g/mol. The molecule has 2 fully saturated rings. The molecule has 27 heavy (non-hydrogen) atoms. The van der Waals surface area contributed by atoms with Gasteiger partial charge in [0.15, 0.2) is 0 Å². The van der Waals surface area contributed by atoms with Crippen LogP contribution in [-0.4, -0.2) is 87.4 Å². The maximum absolute atomic E-state index is 13.0. The highest BCUT2D eigenvalue weighted by Crippen LogP contribution is 2.33. The zero-order chi connectivity index (χ0) is 19.7. The van der Waals surface area contributed by atoms with Crippen LogP contribution in [0.3, 0.4) is 0 Å². The lowest BCUT2D eigenvalue weighted by Crippen LogP contribution is -2.53. The van der Waals surface area contributed by atoms with Gasteiger partial charge in [0.2, 0.25) is 5.91 Å². The first-order chi connectivity index (χ1) is 13.0. The van der Waals surface area contributed by atoms with Crippen LogP contribution in [0.15, 0.2) is 0 Å². The fourth-order valence-corrected chi connectivity index (χ4v) is 3.86. The van der Waals surface area contributed by atoms with Crippen molar-refractivity contribution < 1.29 is 14.3 Å². The van der Waals surface area contributed by atoms with E-state index in [1.54, 1.807) is 0 Å². The summed E-state index contributed by atoms with van der Waals surface area (Å²) in [6.07, 6.45) is 2.93. The maximum atomic E-state index is 13.0. The Morgan fingerprint density at radius 2 is 1.81 bits per heavy atom. The van der Waals surface area contributed by atoms with Crippen molar-refractivity contribution in [3.63, 3.8) is 0 Å². The van der Waals surface area contributed by atoms with E-state index in [2.05, 4.69) is 42.8 Å². The molecule has 0 saturated carbocycles. The molecule has 0 aromatic carbocycles. The third-order valence-corrected chi connectivity index (χ3v) is 6.16. The van der Waals surface area contributed by atoms with E-state index in [0.29, 0.717) is 25.2 Å². The number of morpholine rings is 1. The Hall–Kier alpha value is -0.690. The number of likely N-dealkylation sites (tertiary alicyclic amines) is 1. The summed E-state index contributed by atoms with van der Waals surface area (Å²) in [5, 5.41) is 3.18. The van der Waals surface area contributed by atoms with Crippen LogP contribution in [0.25, 0.3) is 0 Å². The van der Waals surface area contributed by atoms with Gasteiger partial charge in [0.25, 0.3) is 0 Å². The molecule has 1 unspecified atom stereocenters. The molecule has 2 saturated heterocycles. The van der Waals surface area contributed by atoms with Crippen LogP contribution < -0.4 is 5.32 Å². The molecule has 0 aromatic rings. The first kappa shape index (κ1) is 22.6. The monoisotopic (exact) mass is 383 g/mol. The smallest absolute Gasteiger partial charge is 0.228 e. The molecule has 2 rings (SSSR count). The first-order valence-electron chi connectivity index (χ1n) is 10.9. The van der Waals surface area contributed by atoms with Crippen LogP contribution in [0.2, 0.25) is 0 Å². The van der Waals surface area contributed by atoms with Gasteiger partial charge in [0, 0.05) is 32.2 Å². The molecule has 2 aliphatic heterocycles. The van der Waals surface area contributed by atoms with Gasteiger partial charge in [-0.3, -0.25) is 9.69 Å². The van der Waals surface area contributed by atoms with Crippen molar-refractivity contribution in [3.8, 4) is 0 Å². The summed E-state index contributed by atoms with van der Waals surface area (Å²) in [7, 11) is 0. The number of hydrogen-bond donors (Lipinski definition) is 1. The zero-order valence-corrected chi connectivity index (χ0v) is 18.0. The number of carbonyl (C=O) groups is 1. The highest BCUT2D eigenvalue weighted by molar-refractivity contribution is 5.83. The van der Waals surface area contributed by atoms with Crippen LogP contribution >= 0.6 is 0 Å². The van der Waals surface area contributed by atoms with Gasteiger partial charge in [0.1, 0.15) is 0 Å². The molecule has 0 aromatic heterocycles. The third-order valence-electron chi connectivity index (χ3n) is 6.16. The molecular formula is C21H41N3O3. The van der Waals surface area contributed by atoms with E-state index in [4.69, 9.17) is 9.47 Å². The normalized spacial score (nSPS) is 22.7. The minimum Gasteiger partial charge on any atom is -0.379 e. The molecule has 0 bridgehead atoms. The van der Waals surface area contributed by atoms with Gasteiger partial charge < -0.3 is 19.7 Å². The Kier molecular flexibility index (Phi) is 9.50. The standard InChI is InChI=1S/C21H41N3O3/c1-5-19(4)24-8-6-21(7-9-24,20(25)22-16-18(2)3)17-27-15-12-23-10-13-26-14-11-23/h18-19H,5-17H2,1-4H3,(H,22,25). The molecule has 6 heteroatoms. The summed E-state index contributed by atoms with van der Waals surface area (Å²) < 4.78 is 11.5. The van der Waals surface area contributed by atoms with Crippen LogP contribution in [-0.2, 0) is 14.3 Å². The fourth-order valence-electron chi connectivity index (χ4n) is 3.86. The predicted octanol–water partition coefficient (Wildman–Crippen LogP) is 1.99. The second kappa shape index (κ2) is 11.3. The summed E-state index contributed by atoms with van der Waals surface area (Å²) in [5.74, 6) is 0.653. The van der Waals surface area contributed by atoms with E-state index in [0.717, 1.165) is 71.7 Å². The molecule has 0 aliphatic carbocycles. The molecule has 0 spiro atoms. The van der Waals surface area contributed by atoms with Gasteiger partial charge in [-0.1, -0.05) is 20.8 Å². The van der Waals surface area contributed by atoms with E-state index in [9.17, 15) is 4.79 Å². The summed E-state index contributed by atoms with van der Waals surface area (Å²) in [6.45, 7) is 17.2. The Labute approximate surface area is 165 Å². The van der Waals surface area contributed by atoms with Crippen molar-refractivity contribution in [2.45, 2.75) is 53.0 Å². The number of rotatable bonds is 10. The SMILES string of the molecule is CCC(C)N1CCC(COCCN2CCOCC2)(C(=O)NCC(C)C)CC1. The number of amides is 1. The molecule has 1 atom stereocenters. The number of carbonyl (C=O) groups excluding carboxylic acids is 1. The minimum absolute atomic E-state index is 0.186. The zero-order valence-electron chi connectivity index (χ0n) is 18.0. The van der Waals surface area contributed by atoms with Crippen molar-refractivity contribution in [3.05, 3.63) is 0 Å². The minimum atomic E-state index is -0.371. The van der Waals surface area contributed by atoms with Gasteiger partial charge >= 0.3 is 0 Å². The van der Waals surface area contributed by atoms with Crippen LogP contribution in [0.1, 0.15) is 47.0 Å². The topological polar surface area (TPSA) is 54.0 Å². The van der Waals surface area contributed by atoms with Gasteiger partial charge in [-0.05, 0) is 45.2 Å². The molecular weight excluding hydrogens is 342 g/mol. The Balaban J connectivity index is 1.86. The fraction of sp³-hybridized carbons (Fsp3) is 0.952. The van der Waals surface area contributed by atoms with Gasteiger partial charge in [-0.15, -0.1) is 0 Å². The van der Waals surface area contributed by atoms with Crippen LogP contribution in [0.5, 0.6) is 0 Å². The molecule has 6 nitrogen and oxygen atoms in total. The summed E-state index contributed by atoms with van der Waals surface area (Å²) in [6, 6.07) is 0.587. The molecule has 2 aliphatic rings.